The number of halogens is 1. The zero-order valence-corrected chi connectivity index (χ0v) is 11.1. The number of carboxylic acids is 1. The number of amides is 1. The highest BCUT2D eigenvalue weighted by Crippen LogP contribution is 2.10. The molecule has 0 aliphatic carbocycles. The van der Waals surface area contributed by atoms with Crippen LogP contribution in [0, 0.1) is 18.7 Å². The zero-order chi connectivity index (χ0) is 14.4. The molecule has 19 heavy (non-hydrogen) atoms. The molecule has 0 bridgehead atoms. The number of carboxylic acid groups (broad SMARTS) is 1. The van der Waals surface area contributed by atoms with Crippen LogP contribution in [0.2, 0.25) is 0 Å². The summed E-state index contributed by atoms with van der Waals surface area (Å²) in [4.78, 5) is 22.7. The van der Waals surface area contributed by atoms with Crippen LogP contribution in [-0.2, 0) is 4.79 Å². The molecule has 0 aliphatic rings. The van der Waals surface area contributed by atoms with E-state index in [1.165, 1.54) is 12.1 Å². The molecule has 0 saturated heterocycles. The summed E-state index contributed by atoms with van der Waals surface area (Å²) in [6.07, 6.45) is 1.19. The number of hydrogen-bond donors (Lipinski definition) is 2. The first kappa shape index (κ1) is 15.1. The van der Waals surface area contributed by atoms with Crippen LogP contribution in [0.5, 0.6) is 0 Å². The van der Waals surface area contributed by atoms with Gasteiger partial charge in [-0.25, -0.2) is 4.39 Å². The fourth-order valence-electron chi connectivity index (χ4n) is 1.78. The van der Waals surface area contributed by atoms with Gasteiger partial charge in [-0.1, -0.05) is 19.4 Å². The molecule has 0 radical (unpaired) electrons. The summed E-state index contributed by atoms with van der Waals surface area (Å²) in [7, 11) is 0. The van der Waals surface area contributed by atoms with Crippen LogP contribution in [0.4, 0.5) is 4.39 Å². The van der Waals surface area contributed by atoms with Crippen LogP contribution >= 0.6 is 0 Å². The molecule has 2 N–H and O–H groups in total. The Hall–Kier alpha value is -1.91. The number of aliphatic carboxylic acids is 1. The van der Waals surface area contributed by atoms with E-state index in [2.05, 4.69) is 5.32 Å². The Labute approximate surface area is 111 Å². The molecule has 0 spiro atoms. The molecule has 0 aromatic heterocycles. The predicted octanol–water partition coefficient (Wildman–Crippen LogP) is 2.36. The second kappa shape index (κ2) is 6.87. The van der Waals surface area contributed by atoms with Gasteiger partial charge in [0.15, 0.2) is 0 Å². The first-order chi connectivity index (χ1) is 8.95. The van der Waals surface area contributed by atoms with Crippen molar-refractivity contribution >= 4 is 11.9 Å². The maximum Gasteiger partial charge on any atom is 0.308 e. The number of nitrogens with one attached hydrogen (secondary N) is 1. The SMILES string of the molecule is CCCC(CNC(=O)c1ccc(C)cc1F)C(=O)O. The molecule has 5 heteroatoms. The Kier molecular flexibility index (Phi) is 5.48. The van der Waals surface area contributed by atoms with Gasteiger partial charge >= 0.3 is 5.97 Å². The van der Waals surface area contributed by atoms with Crippen molar-refractivity contribution in [3.63, 3.8) is 0 Å². The molecule has 1 atom stereocenters. The highest BCUT2D eigenvalue weighted by atomic mass is 19.1. The van der Waals surface area contributed by atoms with Crippen LogP contribution in [0.15, 0.2) is 18.2 Å². The van der Waals surface area contributed by atoms with Gasteiger partial charge in [0.25, 0.3) is 5.91 Å². The van der Waals surface area contributed by atoms with E-state index in [1.807, 2.05) is 6.92 Å². The van der Waals surface area contributed by atoms with Crippen molar-refractivity contribution < 1.29 is 19.1 Å². The van der Waals surface area contributed by atoms with Crippen LogP contribution in [0.25, 0.3) is 0 Å². The van der Waals surface area contributed by atoms with Gasteiger partial charge < -0.3 is 10.4 Å². The number of benzene rings is 1. The third-order valence-electron chi connectivity index (χ3n) is 2.86. The van der Waals surface area contributed by atoms with E-state index in [9.17, 15) is 14.0 Å². The Bertz CT molecular complexity index is 474. The molecule has 0 saturated carbocycles. The average molecular weight is 267 g/mol. The Morgan fingerprint density at radius 1 is 1.42 bits per heavy atom. The van der Waals surface area contributed by atoms with Crippen LogP contribution in [-0.4, -0.2) is 23.5 Å². The summed E-state index contributed by atoms with van der Waals surface area (Å²) in [5.74, 6) is -2.77. The minimum Gasteiger partial charge on any atom is -0.481 e. The maximum atomic E-state index is 13.6. The van der Waals surface area contributed by atoms with Crippen molar-refractivity contribution in [1.82, 2.24) is 5.32 Å². The topological polar surface area (TPSA) is 66.4 Å². The van der Waals surface area contributed by atoms with E-state index in [0.717, 1.165) is 5.56 Å². The quantitative estimate of drug-likeness (QED) is 0.831. The highest BCUT2D eigenvalue weighted by molar-refractivity contribution is 5.94. The van der Waals surface area contributed by atoms with Crippen LogP contribution in [0.3, 0.4) is 0 Å². The molecule has 1 unspecified atom stereocenters. The van der Waals surface area contributed by atoms with Gasteiger partial charge in [0.05, 0.1) is 11.5 Å². The molecule has 104 valence electrons. The lowest BCUT2D eigenvalue weighted by Gasteiger charge is -2.12. The van der Waals surface area contributed by atoms with Gasteiger partial charge in [0.1, 0.15) is 5.82 Å². The molecular weight excluding hydrogens is 249 g/mol. The highest BCUT2D eigenvalue weighted by Gasteiger charge is 2.18. The smallest absolute Gasteiger partial charge is 0.308 e. The first-order valence-electron chi connectivity index (χ1n) is 6.22. The number of hydrogen-bond acceptors (Lipinski definition) is 2. The van der Waals surface area contributed by atoms with E-state index < -0.39 is 23.6 Å². The molecule has 0 fully saturated rings. The van der Waals surface area contributed by atoms with Gasteiger partial charge in [-0.15, -0.1) is 0 Å². The third kappa shape index (κ3) is 4.35. The molecular formula is C14H18FNO3. The Morgan fingerprint density at radius 2 is 2.11 bits per heavy atom. The standard InChI is InChI=1S/C14H18FNO3/c1-3-4-10(14(18)19)8-16-13(17)11-6-5-9(2)7-12(11)15/h5-7,10H,3-4,8H2,1-2H3,(H,16,17)(H,18,19). The summed E-state index contributed by atoms with van der Waals surface area (Å²) < 4.78 is 13.6. The fraction of sp³-hybridized carbons (Fsp3) is 0.429. The van der Waals surface area contributed by atoms with Crippen molar-refractivity contribution in [3.05, 3.63) is 35.1 Å². The largest absolute Gasteiger partial charge is 0.481 e. The average Bonchev–Trinajstić information content (AvgIpc) is 2.33. The summed E-state index contributed by atoms with van der Waals surface area (Å²) >= 11 is 0. The van der Waals surface area contributed by atoms with Gasteiger partial charge in [-0.05, 0) is 31.0 Å². The summed E-state index contributed by atoms with van der Waals surface area (Å²) in [6, 6.07) is 4.31. The molecule has 1 aromatic carbocycles. The summed E-state index contributed by atoms with van der Waals surface area (Å²) in [6.45, 7) is 3.61. The van der Waals surface area contributed by atoms with Gasteiger partial charge in [0, 0.05) is 6.54 Å². The van der Waals surface area contributed by atoms with Crippen molar-refractivity contribution in [1.29, 1.82) is 0 Å². The lowest BCUT2D eigenvalue weighted by atomic mass is 10.0. The number of aryl methyl sites for hydroxylation is 1. The van der Waals surface area contributed by atoms with E-state index in [0.29, 0.717) is 12.8 Å². The lowest BCUT2D eigenvalue weighted by Crippen LogP contribution is -2.33. The normalized spacial score (nSPS) is 11.9. The van der Waals surface area contributed by atoms with E-state index in [4.69, 9.17) is 5.11 Å². The van der Waals surface area contributed by atoms with Crippen molar-refractivity contribution in [2.45, 2.75) is 26.7 Å². The van der Waals surface area contributed by atoms with E-state index in [1.54, 1.807) is 13.0 Å². The number of carbonyl (C=O) groups excluding carboxylic acids is 1. The molecule has 4 nitrogen and oxygen atoms in total. The Balaban J connectivity index is 2.66. The minimum absolute atomic E-state index is 0.00925. The predicted molar refractivity (Wildman–Crippen MR) is 69.5 cm³/mol. The monoisotopic (exact) mass is 267 g/mol. The number of carbonyl (C=O) groups is 2. The molecule has 1 rings (SSSR count). The number of rotatable bonds is 6. The second-order valence-electron chi connectivity index (χ2n) is 4.52. The maximum absolute atomic E-state index is 13.6. The Morgan fingerprint density at radius 3 is 2.63 bits per heavy atom. The van der Waals surface area contributed by atoms with E-state index in [-0.39, 0.29) is 12.1 Å². The van der Waals surface area contributed by atoms with Gasteiger partial charge in [-0.2, -0.15) is 0 Å². The molecule has 0 aliphatic heterocycles. The van der Waals surface area contributed by atoms with Crippen molar-refractivity contribution in [2.24, 2.45) is 5.92 Å². The summed E-state index contributed by atoms with van der Waals surface area (Å²) in [5, 5.41) is 11.4. The van der Waals surface area contributed by atoms with E-state index >= 15 is 0 Å². The van der Waals surface area contributed by atoms with Crippen LogP contribution in [0.1, 0.15) is 35.7 Å². The second-order valence-corrected chi connectivity index (χ2v) is 4.52. The first-order valence-corrected chi connectivity index (χ1v) is 6.22. The van der Waals surface area contributed by atoms with Crippen molar-refractivity contribution in [3.8, 4) is 0 Å². The fourth-order valence-corrected chi connectivity index (χ4v) is 1.78. The molecule has 1 amide bonds. The lowest BCUT2D eigenvalue weighted by molar-refractivity contribution is -0.141. The van der Waals surface area contributed by atoms with Gasteiger partial charge in [-0.3, -0.25) is 9.59 Å². The van der Waals surface area contributed by atoms with Gasteiger partial charge in [0.2, 0.25) is 0 Å². The molecule has 1 aromatic rings. The van der Waals surface area contributed by atoms with Crippen LogP contribution < -0.4 is 5.32 Å². The minimum atomic E-state index is -0.952. The zero-order valence-electron chi connectivity index (χ0n) is 11.1. The van der Waals surface area contributed by atoms with Crippen molar-refractivity contribution in [2.75, 3.05) is 6.54 Å². The summed E-state index contributed by atoms with van der Waals surface area (Å²) in [5.41, 5.74) is 0.662. The third-order valence-corrected chi connectivity index (χ3v) is 2.86. The molecule has 0 heterocycles.